The first-order chi connectivity index (χ1) is 15.2. The molecule has 1 unspecified atom stereocenters. The van der Waals surface area contributed by atoms with Gasteiger partial charge in [-0.1, -0.05) is 30.3 Å². The minimum atomic E-state index is -3.81. The van der Waals surface area contributed by atoms with Gasteiger partial charge in [0.1, 0.15) is 12.4 Å². The highest BCUT2D eigenvalue weighted by atomic mass is 32.2. The number of aromatic nitrogens is 1. The summed E-state index contributed by atoms with van der Waals surface area (Å²) in [6.07, 6.45) is 4.91. The number of nitrogens with zero attached hydrogens (tertiary/aromatic N) is 2. The normalized spacial score (nSPS) is 12.5. The fraction of sp³-hybridized carbons (Fsp3) is 0.167. The van der Waals surface area contributed by atoms with Gasteiger partial charge in [-0.15, -0.1) is 0 Å². The lowest BCUT2D eigenvalue weighted by molar-refractivity contribution is -0.126. The van der Waals surface area contributed by atoms with Crippen LogP contribution in [-0.4, -0.2) is 31.3 Å². The van der Waals surface area contributed by atoms with Gasteiger partial charge >= 0.3 is 0 Å². The summed E-state index contributed by atoms with van der Waals surface area (Å²) >= 11 is 0. The van der Waals surface area contributed by atoms with Crippen molar-refractivity contribution in [3.8, 4) is 5.75 Å². The molecule has 8 heteroatoms. The van der Waals surface area contributed by atoms with E-state index in [9.17, 15) is 13.2 Å². The predicted molar refractivity (Wildman–Crippen MR) is 123 cm³/mol. The lowest BCUT2D eigenvalue weighted by atomic mass is 10.1. The van der Waals surface area contributed by atoms with E-state index in [0.29, 0.717) is 17.9 Å². The maximum absolute atomic E-state index is 12.6. The van der Waals surface area contributed by atoms with E-state index >= 15 is 0 Å². The van der Waals surface area contributed by atoms with Crippen molar-refractivity contribution in [2.24, 2.45) is 5.14 Å². The number of amides is 1. The molecule has 3 rings (SSSR count). The molecule has 1 amide bonds. The van der Waals surface area contributed by atoms with Gasteiger partial charge in [-0.3, -0.25) is 9.78 Å². The maximum atomic E-state index is 12.6. The number of primary sulfonamides is 1. The Kier molecular flexibility index (Phi) is 7.40. The number of carbonyl (C=O) groups excluding carboxylic acids is 1. The molecule has 0 spiro atoms. The predicted octanol–water partition coefficient (Wildman–Crippen LogP) is 3.54. The third kappa shape index (κ3) is 6.26. The molecule has 2 N–H and O–H groups in total. The molecule has 166 valence electrons. The summed E-state index contributed by atoms with van der Waals surface area (Å²) in [4.78, 5) is 18.4. The van der Waals surface area contributed by atoms with Gasteiger partial charge in [-0.2, -0.15) is 0 Å². The van der Waals surface area contributed by atoms with E-state index in [1.54, 1.807) is 31.5 Å². The highest BCUT2D eigenvalue weighted by Crippen LogP contribution is 2.22. The summed E-state index contributed by atoms with van der Waals surface area (Å²) in [5, 5.41) is 5.20. The first kappa shape index (κ1) is 23.2. The van der Waals surface area contributed by atoms with Crippen molar-refractivity contribution in [1.82, 2.24) is 9.88 Å². The molecule has 0 aliphatic rings. The molecule has 0 bridgehead atoms. The summed E-state index contributed by atoms with van der Waals surface area (Å²) in [5.41, 5.74) is 2.37. The van der Waals surface area contributed by atoms with Gasteiger partial charge in [0.15, 0.2) is 0 Å². The third-order valence-electron chi connectivity index (χ3n) is 5.01. The zero-order valence-corrected chi connectivity index (χ0v) is 18.7. The quantitative estimate of drug-likeness (QED) is 0.528. The standard InChI is InChI=1S/C24H25N3O4S/c1-18(20-6-5-8-23(16-20)32(25,29)30)27(2)24(28)14-11-19-9-12-22(13-10-19)31-17-21-7-3-4-15-26-21/h3-16,18H,17H2,1-2H3,(H2,25,29,30)/b14-11+. The van der Waals surface area contributed by atoms with Crippen molar-refractivity contribution in [3.63, 3.8) is 0 Å². The lowest BCUT2D eigenvalue weighted by Gasteiger charge is -2.24. The molecule has 0 saturated carbocycles. The van der Waals surface area contributed by atoms with Crippen LogP contribution in [0.25, 0.3) is 6.08 Å². The summed E-state index contributed by atoms with van der Waals surface area (Å²) in [5.74, 6) is 0.494. The first-order valence-electron chi connectivity index (χ1n) is 9.94. The number of rotatable bonds is 8. The molecular weight excluding hydrogens is 426 g/mol. The van der Waals surface area contributed by atoms with Gasteiger partial charge in [-0.25, -0.2) is 13.6 Å². The highest BCUT2D eigenvalue weighted by molar-refractivity contribution is 7.89. The van der Waals surface area contributed by atoms with Gasteiger partial charge in [-0.05, 0) is 60.5 Å². The van der Waals surface area contributed by atoms with E-state index in [1.807, 2.05) is 49.4 Å². The van der Waals surface area contributed by atoms with Gasteiger partial charge in [0, 0.05) is 19.3 Å². The molecule has 3 aromatic rings. The fourth-order valence-electron chi connectivity index (χ4n) is 2.97. The smallest absolute Gasteiger partial charge is 0.246 e. The van der Waals surface area contributed by atoms with Gasteiger partial charge in [0.2, 0.25) is 15.9 Å². The number of benzene rings is 2. The van der Waals surface area contributed by atoms with Gasteiger partial charge < -0.3 is 9.64 Å². The molecule has 0 saturated heterocycles. The van der Waals surface area contributed by atoms with Crippen molar-refractivity contribution in [3.05, 3.63) is 95.8 Å². The number of likely N-dealkylation sites (N-methyl/N-ethyl adjacent to an activating group) is 1. The fourth-order valence-corrected chi connectivity index (χ4v) is 3.54. The number of sulfonamides is 1. The van der Waals surface area contributed by atoms with Gasteiger partial charge in [0.25, 0.3) is 0 Å². The van der Waals surface area contributed by atoms with Crippen LogP contribution >= 0.6 is 0 Å². The van der Waals surface area contributed by atoms with E-state index < -0.39 is 10.0 Å². The molecule has 0 aliphatic carbocycles. The van der Waals surface area contributed by atoms with Crippen LogP contribution in [0.4, 0.5) is 0 Å². The second kappa shape index (κ2) is 10.2. The van der Waals surface area contributed by atoms with E-state index in [4.69, 9.17) is 9.88 Å². The van der Waals surface area contributed by atoms with Crippen LogP contribution < -0.4 is 9.88 Å². The lowest BCUT2D eigenvalue weighted by Crippen LogP contribution is -2.28. The average molecular weight is 452 g/mol. The van der Waals surface area contributed by atoms with Crippen LogP contribution in [0.1, 0.15) is 29.8 Å². The Hall–Kier alpha value is -3.49. The molecule has 1 aromatic heterocycles. The number of hydrogen-bond acceptors (Lipinski definition) is 5. The van der Waals surface area contributed by atoms with Crippen LogP contribution in [0.2, 0.25) is 0 Å². The minimum absolute atomic E-state index is 0.0172. The first-order valence-corrected chi connectivity index (χ1v) is 11.5. The van der Waals surface area contributed by atoms with E-state index in [1.165, 1.54) is 23.1 Å². The Morgan fingerprint density at radius 3 is 2.53 bits per heavy atom. The number of ether oxygens (including phenoxy) is 1. The highest BCUT2D eigenvalue weighted by Gasteiger charge is 2.17. The molecule has 0 aliphatic heterocycles. The monoisotopic (exact) mass is 451 g/mol. The second-order valence-corrected chi connectivity index (χ2v) is 8.82. The number of pyridine rings is 1. The topological polar surface area (TPSA) is 103 Å². The summed E-state index contributed by atoms with van der Waals surface area (Å²) < 4.78 is 28.9. The molecular formula is C24H25N3O4S. The largest absolute Gasteiger partial charge is 0.487 e. The minimum Gasteiger partial charge on any atom is -0.487 e. The van der Waals surface area contributed by atoms with Crippen molar-refractivity contribution in [1.29, 1.82) is 0 Å². The van der Waals surface area contributed by atoms with E-state index in [-0.39, 0.29) is 16.8 Å². The van der Waals surface area contributed by atoms with Crippen molar-refractivity contribution >= 4 is 22.0 Å². The Bertz CT molecular complexity index is 1190. The molecule has 7 nitrogen and oxygen atoms in total. The van der Waals surface area contributed by atoms with Crippen LogP contribution in [-0.2, 0) is 21.4 Å². The second-order valence-electron chi connectivity index (χ2n) is 7.25. The summed E-state index contributed by atoms with van der Waals surface area (Å²) in [6, 6.07) is 19.0. The number of hydrogen-bond donors (Lipinski definition) is 1. The maximum Gasteiger partial charge on any atom is 0.246 e. The Balaban J connectivity index is 1.60. The van der Waals surface area contributed by atoms with Crippen LogP contribution in [0, 0.1) is 0 Å². The Labute approximate surface area is 188 Å². The van der Waals surface area contributed by atoms with Crippen LogP contribution in [0.15, 0.2) is 83.9 Å². The molecule has 1 heterocycles. The third-order valence-corrected chi connectivity index (χ3v) is 5.92. The summed E-state index contributed by atoms with van der Waals surface area (Å²) in [7, 11) is -2.14. The van der Waals surface area contributed by atoms with E-state index in [2.05, 4.69) is 4.98 Å². The average Bonchev–Trinajstić information content (AvgIpc) is 2.81. The number of nitrogens with two attached hydrogens (primary N) is 1. The van der Waals surface area contributed by atoms with Crippen LogP contribution in [0.5, 0.6) is 5.75 Å². The molecule has 1 atom stereocenters. The number of carbonyl (C=O) groups is 1. The SMILES string of the molecule is CC(c1cccc(S(N)(=O)=O)c1)N(C)C(=O)/C=C/c1ccc(OCc2ccccn2)cc1. The van der Waals surface area contributed by atoms with Crippen molar-refractivity contribution in [2.45, 2.75) is 24.5 Å². The van der Waals surface area contributed by atoms with Crippen LogP contribution in [0.3, 0.4) is 0 Å². The molecule has 0 fully saturated rings. The molecule has 0 radical (unpaired) electrons. The Morgan fingerprint density at radius 1 is 1.12 bits per heavy atom. The zero-order chi connectivity index (χ0) is 23.1. The molecule has 32 heavy (non-hydrogen) atoms. The Morgan fingerprint density at radius 2 is 1.88 bits per heavy atom. The summed E-state index contributed by atoms with van der Waals surface area (Å²) in [6.45, 7) is 2.20. The van der Waals surface area contributed by atoms with Gasteiger partial charge in [0.05, 0.1) is 16.6 Å². The molecule has 2 aromatic carbocycles. The van der Waals surface area contributed by atoms with E-state index in [0.717, 1.165) is 11.3 Å². The van der Waals surface area contributed by atoms with Crippen molar-refractivity contribution in [2.75, 3.05) is 7.05 Å². The van der Waals surface area contributed by atoms with Crippen molar-refractivity contribution < 1.29 is 17.9 Å². The zero-order valence-electron chi connectivity index (χ0n) is 17.9.